The monoisotopic (exact) mass is 840 g/mol. The lowest BCUT2D eigenvalue weighted by Crippen LogP contribution is -2.42. The number of carbonyl (C=O) groups is 7. The maximum Gasteiger partial charge on any atom is 0.326 e. The van der Waals surface area contributed by atoms with E-state index in [0.29, 0.717) is 64.6 Å². The number of aliphatic carboxylic acids is 2. The van der Waals surface area contributed by atoms with E-state index in [1.807, 2.05) is 0 Å². The molecule has 0 unspecified atom stereocenters. The fourth-order valence-electron chi connectivity index (χ4n) is 6.75. The average molecular weight is 840 g/mol. The topological polar surface area (TPSA) is 272 Å². The van der Waals surface area contributed by atoms with Gasteiger partial charge in [0.25, 0.3) is 0 Å². The van der Waals surface area contributed by atoms with Gasteiger partial charge in [-0.3, -0.25) is 28.8 Å². The first-order valence-corrected chi connectivity index (χ1v) is 22.5. The SMILES string of the molecule is CN[C@@H](CCCCNC(=O)[C@@H](N)CCCCNC(=O)[C@@H](N)CCCCNC(=O)CC[C@H](NC(=O)CCCCCCCCCCCCCCCCC(=O)O)C(=O)O)C(C)=O. The second kappa shape index (κ2) is 37.4. The number of hydrogen-bond donors (Lipinski definition) is 9. The highest BCUT2D eigenvalue weighted by atomic mass is 16.4. The summed E-state index contributed by atoms with van der Waals surface area (Å²) in [5.41, 5.74) is 12.0. The van der Waals surface area contributed by atoms with Crippen LogP contribution in [0.25, 0.3) is 0 Å². The Bertz CT molecular complexity index is 1190. The molecule has 0 spiro atoms. The Morgan fingerprint density at radius 1 is 0.458 bits per heavy atom. The fraction of sp³-hybridized carbons (Fsp3) is 0.837. The van der Waals surface area contributed by atoms with E-state index in [9.17, 15) is 38.7 Å². The molecule has 59 heavy (non-hydrogen) atoms. The van der Waals surface area contributed by atoms with Crippen LogP contribution >= 0.6 is 0 Å². The summed E-state index contributed by atoms with van der Waals surface area (Å²) in [6.45, 7) is 2.84. The van der Waals surface area contributed by atoms with Crippen molar-refractivity contribution in [3.63, 3.8) is 0 Å². The molecule has 342 valence electrons. The highest BCUT2D eigenvalue weighted by Crippen LogP contribution is 2.14. The van der Waals surface area contributed by atoms with Crippen LogP contribution in [0.1, 0.15) is 180 Å². The van der Waals surface area contributed by atoms with Crippen LogP contribution in [0.5, 0.6) is 0 Å². The largest absolute Gasteiger partial charge is 0.481 e. The molecule has 0 heterocycles. The predicted octanol–water partition coefficient (Wildman–Crippen LogP) is 4.35. The highest BCUT2D eigenvalue weighted by molar-refractivity contribution is 5.84. The van der Waals surface area contributed by atoms with Gasteiger partial charge in [0.05, 0.1) is 18.1 Å². The number of carboxylic acid groups (broad SMARTS) is 2. The molecule has 0 rings (SSSR count). The number of ketones is 1. The maximum absolute atomic E-state index is 12.4. The van der Waals surface area contributed by atoms with Crippen molar-refractivity contribution in [2.75, 3.05) is 26.7 Å². The highest BCUT2D eigenvalue weighted by Gasteiger charge is 2.21. The first-order valence-electron chi connectivity index (χ1n) is 22.5. The molecule has 16 nitrogen and oxygen atoms in total. The first-order chi connectivity index (χ1) is 28.3. The van der Waals surface area contributed by atoms with Gasteiger partial charge in [-0.15, -0.1) is 0 Å². The molecular weight excluding hydrogens is 759 g/mol. The number of hydrogen-bond acceptors (Lipinski definition) is 10. The van der Waals surface area contributed by atoms with Gasteiger partial charge in [0.15, 0.2) is 0 Å². The van der Waals surface area contributed by atoms with Crippen LogP contribution in [-0.2, 0) is 33.6 Å². The lowest BCUT2D eigenvalue weighted by atomic mass is 10.0. The summed E-state index contributed by atoms with van der Waals surface area (Å²) in [6, 6.07) is -2.61. The van der Waals surface area contributed by atoms with Gasteiger partial charge < -0.3 is 48.3 Å². The maximum atomic E-state index is 12.4. The number of Topliss-reactive ketones (excluding diaryl/α,β-unsaturated/α-hetero) is 1. The predicted molar refractivity (Wildman–Crippen MR) is 230 cm³/mol. The van der Waals surface area contributed by atoms with Gasteiger partial charge in [0.1, 0.15) is 11.8 Å². The molecule has 0 aliphatic carbocycles. The standard InChI is InChI=1S/C43H81N7O9/c1-33(51)36(46-2)25-19-22-32-49-42(57)35(45)24-18-21-31-48-41(56)34(44)23-17-20-30-47-38(52)29-28-37(43(58)59)50-39(53)26-15-13-11-9-7-5-3-4-6-8-10-12-14-16-27-40(54)55/h34-37,46H,3-32,44-45H2,1-2H3,(H,47,52)(H,48,56)(H,49,57)(H,50,53)(H,54,55)(H,58,59)/t34-,35-,36-,37-/m0/s1. The number of amides is 4. The number of carboxylic acids is 2. The van der Waals surface area contributed by atoms with Gasteiger partial charge in [0.2, 0.25) is 23.6 Å². The zero-order valence-corrected chi connectivity index (χ0v) is 36.4. The Morgan fingerprint density at radius 3 is 1.27 bits per heavy atom. The van der Waals surface area contributed by atoms with Gasteiger partial charge in [-0.05, 0) is 91.0 Å². The van der Waals surface area contributed by atoms with Crippen molar-refractivity contribution in [2.24, 2.45) is 11.5 Å². The molecular formula is C43H81N7O9. The zero-order valence-electron chi connectivity index (χ0n) is 36.4. The molecule has 0 aromatic carbocycles. The lowest BCUT2D eigenvalue weighted by Gasteiger charge is -2.15. The molecule has 0 aliphatic rings. The van der Waals surface area contributed by atoms with Crippen LogP contribution in [0, 0.1) is 0 Å². The van der Waals surface area contributed by atoms with Crippen molar-refractivity contribution in [1.82, 2.24) is 26.6 Å². The summed E-state index contributed by atoms with van der Waals surface area (Å²) in [7, 11) is 1.76. The molecule has 0 bridgehead atoms. The van der Waals surface area contributed by atoms with Crippen molar-refractivity contribution >= 4 is 41.4 Å². The molecule has 0 radical (unpaired) electrons. The smallest absolute Gasteiger partial charge is 0.326 e. The van der Waals surface area contributed by atoms with E-state index >= 15 is 0 Å². The van der Waals surface area contributed by atoms with E-state index in [1.165, 1.54) is 44.9 Å². The number of carbonyl (C=O) groups excluding carboxylic acids is 5. The summed E-state index contributed by atoms with van der Waals surface area (Å²) in [5, 5.41) is 32.1. The van der Waals surface area contributed by atoms with E-state index in [4.69, 9.17) is 16.6 Å². The number of nitrogens with two attached hydrogens (primary N) is 2. The van der Waals surface area contributed by atoms with E-state index in [-0.39, 0.29) is 61.1 Å². The third-order valence-corrected chi connectivity index (χ3v) is 10.6. The molecule has 0 aliphatic heterocycles. The molecule has 0 saturated heterocycles. The van der Waals surface area contributed by atoms with Crippen LogP contribution in [-0.4, -0.2) is 102 Å². The van der Waals surface area contributed by atoms with Crippen molar-refractivity contribution < 1.29 is 43.8 Å². The van der Waals surface area contributed by atoms with E-state index < -0.39 is 30.1 Å². The third kappa shape index (κ3) is 33.9. The van der Waals surface area contributed by atoms with Crippen molar-refractivity contribution in [3.8, 4) is 0 Å². The molecule has 0 saturated carbocycles. The van der Waals surface area contributed by atoms with Crippen LogP contribution in [0.15, 0.2) is 0 Å². The minimum absolute atomic E-state index is 0.00826. The first kappa shape index (κ1) is 55.4. The molecule has 0 aromatic heterocycles. The van der Waals surface area contributed by atoms with E-state index in [2.05, 4.69) is 26.6 Å². The van der Waals surface area contributed by atoms with Crippen molar-refractivity contribution in [3.05, 3.63) is 0 Å². The molecule has 4 atom stereocenters. The zero-order chi connectivity index (χ0) is 44.1. The molecule has 0 fully saturated rings. The Hall–Kier alpha value is -3.63. The van der Waals surface area contributed by atoms with Crippen molar-refractivity contribution in [1.29, 1.82) is 0 Å². The summed E-state index contributed by atoms with van der Waals surface area (Å²) in [4.78, 5) is 82.9. The summed E-state index contributed by atoms with van der Waals surface area (Å²) in [6.07, 6.45) is 21.3. The normalized spacial score (nSPS) is 13.2. The van der Waals surface area contributed by atoms with Crippen LogP contribution in [0.4, 0.5) is 0 Å². The average Bonchev–Trinajstić information content (AvgIpc) is 3.19. The minimum Gasteiger partial charge on any atom is -0.481 e. The quantitative estimate of drug-likeness (QED) is 0.0389. The molecule has 4 amide bonds. The van der Waals surface area contributed by atoms with Crippen LogP contribution in [0.2, 0.25) is 0 Å². The number of nitrogens with one attached hydrogen (secondary N) is 5. The summed E-state index contributed by atoms with van der Waals surface area (Å²) >= 11 is 0. The Kier molecular flexibility index (Phi) is 35.1. The van der Waals surface area contributed by atoms with E-state index in [1.54, 1.807) is 14.0 Å². The van der Waals surface area contributed by atoms with Crippen LogP contribution in [0.3, 0.4) is 0 Å². The number of rotatable bonds is 41. The second-order valence-corrected chi connectivity index (χ2v) is 15.9. The second-order valence-electron chi connectivity index (χ2n) is 15.9. The third-order valence-electron chi connectivity index (χ3n) is 10.6. The molecule has 0 aromatic rings. The van der Waals surface area contributed by atoms with Gasteiger partial charge in [0, 0.05) is 38.9 Å². The Balaban J connectivity index is 3.87. The van der Waals surface area contributed by atoms with Gasteiger partial charge in [-0.2, -0.15) is 0 Å². The number of unbranched alkanes of at least 4 members (excludes halogenated alkanes) is 16. The minimum atomic E-state index is -1.17. The Morgan fingerprint density at radius 2 is 0.864 bits per heavy atom. The van der Waals surface area contributed by atoms with Gasteiger partial charge in [-0.25, -0.2) is 4.79 Å². The summed E-state index contributed by atoms with van der Waals surface area (Å²) < 4.78 is 0. The Labute approximate surface area is 353 Å². The van der Waals surface area contributed by atoms with Crippen LogP contribution < -0.4 is 38.1 Å². The van der Waals surface area contributed by atoms with Gasteiger partial charge in [-0.1, -0.05) is 77.0 Å². The van der Waals surface area contributed by atoms with Gasteiger partial charge >= 0.3 is 11.9 Å². The molecule has 11 N–H and O–H groups in total. The lowest BCUT2D eigenvalue weighted by molar-refractivity contribution is -0.142. The fourth-order valence-corrected chi connectivity index (χ4v) is 6.75. The summed E-state index contributed by atoms with van der Waals surface area (Å²) in [5.74, 6) is -2.89. The number of likely N-dealkylation sites (N-methyl/N-ethyl adjacent to an activating group) is 1. The van der Waals surface area contributed by atoms with Crippen molar-refractivity contribution in [2.45, 2.75) is 204 Å². The molecule has 16 heteroatoms. The van der Waals surface area contributed by atoms with E-state index in [0.717, 1.165) is 57.8 Å².